The van der Waals surface area contributed by atoms with E-state index in [1.54, 1.807) is 18.5 Å². The monoisotopic (exact) mass is 214 g/mol. The minimum absolute atomic E-state index is 0.173. The molecule has 16 heavy (non-hydrogen) atoms. The van der Waals surface area contributed by atoms with Gasteiger partial charge < -0.3 is 5.32 Å². The molecule has 0 spiro atoms. The maximum Gasteiger partial charge on any atom is 0.289 e. The first kappa shape index (κ1) is 10.2. The lowest BCUT2D eigenvalue weighted by atomic mass is 10.3. The molecule has 0 aliphatic rings. The van der Waals surface area contributed by atoms with E-state index >= 15 is 0 Å². The number of hydrogen-bond donors (Lipinski definition) is 1. The Labute approximate surface area is 92.6 Å². The van der Waals surface area contributed by atoms with Crippen molar-refractivity contribution < 1.29 is 4.79 Å². The maximum absolute atomic E-state index is 11.6. The highest BCUT2D eigenvalue weighted by atomic mass is 16.2. The number of amides is 1. The first-order valence-electron chi connectivity index (χ1n) is 4.80. The largest absolute Gasteiger partial charge is 0.345 e. The first-order chi connectivity index (χ1) is 7.86. The summed E-state index contributed by atoms with van der Waals surface area (Å²) in [6, 6.07) is 5.37. The lowest BCUT2D eigenvalue weighted by Crippen LogP contribution is -2.24. The molecule has 0 fully saturated rings. The molecule has 2 aromatic heterocycles. The summed E-state index contributed by atoms with van der Waals surface area (Å²) in [4.78, 5) is 23.2. The van der Waals surface area contributed by atoms with Crippen molar-refractivity contribution in [1.82, 2.24) is 20.3 Å². The molecule has 5 heteroatoms. The molecule has 2 aromatic rings. The molecule has 5 nitrogen and oxygen atoms in total. The second-order valence-corrected chi connectivity index (χ2v) is 3.12. The SMILES string of the molecule is O=C(NCc1cccnc1)c1ncccn1. The molecular weight excluding hydrogens is 204 g/mol. The van der Waals surface area contributed by atoms with Crippen LogP contribution in [-0.4, -0.2) is 20.9 Å². The average Bonchev–Trinajstić information content (AvgIpc) is 2.38. The van der Waals surface area contributed by atoms with E-state index in [0.29, 0.717) is 6.54 Å². The number of hydrogen-bond acceptors (Lipinski definition) is 4. The number of pyridine rings is 1. The van der Waals surface area contributed by atoms with Crippen LogP contribution in [0.3, 0.4) is 0 Å². The van der Waals surface area contributed by atoms with E-state index in [1.807, 2.05) is 12.1 Å². The summed E-state index contributed by atoms with van der Waals surface area (Å²) >= 11 is 0. The predicted molar refractivity (Wildman–Crippen MR) is 57.4 cm³/mol. The highest BCUT2D eigenvalue weighted by molar-refractivity contribution is 5.90. The minimum Gasteiger partial charge on any atom is -0.345 e. The van der Waals surface area contributed by atoms with Crippen molar-refractivity contribution in [2.75, 3.05) is 0 Å². The van der Waals surface area contributed by atoms with Crippen LogP contribution < -0.4 is 5.32 Å². The van der Waals surface area contributed by atoms with Gasteiger partial charge in [0.25, 0.3) is 5.91 Å². The molecule has 1 amide bonds. The van der Waals surface area contributed by atoms with Crippen LogP contribution in [0, 0.1) is 0 Å². The van der Waals surface area contributed by atoms with Crippen LogP contribution in [0.2, 0.25) is 0 Å². The average molecular weight is 214 g/mol. The van der Waals surface area contributed by atoms with Gasteiger partial charge in [-0.05, 0) is 17.7 Å². The van der Waals surface area contributed by atoms with Gasteiger partial charge in [-0.25, -0.2) is 9.97 Å². The molecule has 0 unspecified atom stereocenters. The van der Waals surface area contributed by atoms with Gasteiger partial charge in [-0.2, -0.15) is 0 Å². The fourth-order valence-electron chi connectivity index (χ4n) is 1.18. The molecule has 2 rings (SSSR count). The van der Waals surface area contributed by atoms with Gasteiger partial charge in [0.15, 0.2) is 0 Å². The van der Waals surface area contributed by atoms with Gasteiger partial charge in [-0.3, -0.25) is 9.78 Å². The summed E-state index contributed by atoms with van der Waals surface area (Å²) in [5.74, 6) is -0.115. The van der Waals surface area contributed by atoms with Crippen molar-refractivity contribution in [3.8, 4) is 0 Å². The highest BCUT2D eigenvalue weighted by Crippen LogP contribution is 1.95. The standard InChI is InChI=1S/C11H10N4O/c16-11(10-13-5-2-6-14-10)15-8-9-3-1-4-12-7-9/h1-7H,8H2,(H,15,16). The zero-order valence-corrected chi connectivity index (χ0v) is 8.50. The third-order valence-electron chi connectivity index (χ3n) is 1.94. The molecule has 0 bridgehead atoms. The number of rotatable bonds is 3. The normalized spacial score (nSPS) is 9.75. The third kappa shape index (κ3) is 2.60. The minimum atomic E-state index is -0.288. The van der Waals surface area contributed by atoms with E-state index in [-0.39, 0.29) is 11.7 Å². The molecule has 80 valence electrons. The number of carbonyl (C=O) groups is 1. The van der Waals surface area contributed by atoms with Crippen molar-refractivity contribution in [2.45, 2.75) is 6.54 Å². The van der Waals surface area contributed by atoms with Crippen LogP contribution in [0.25, 0.3) is 0 Å². The molecule has 0 saturated carbocycles. The van der Waals surface area contributed by atoms with Crippen molar-refractivity contribution >= 4 is 5.91 Å². The second-order valence-electron chi connectivity index (χ2n) is 3.12. The van der Waals surface area contributed by atoms with E-state index in [9.17, 15) is 4.79 Å². The van der Waals surface area contributed by atoms with E-state index in [4.69, 9.17) is 0 Å². The maximum atomic E-state index is 11.6. The Morgan fingerprint density at radius 3 is 2.69 bits per heavy atom. The number of aromatic nitrogens is 3. The van der Waals surface area contributed by atoms with Gasteiger partial charge in [0.1, 0.15) is 0 Å². The Balaban J connectivity index is 1.95. The number of nitrogens with zero attached hydrogens (tertiary/aromatic N) is 3. The molecule has 0 aromatic carbocycles. The zero-order chi connectivity index (χ0) is 11.2. The molecular formula is C11H10N4O. The van der Waals surface area contributed by atoms with Crippen LogP contribution in [0.4, 0.5) is 0 Å². The van der Waals surface area contributed by atoms with Crippen molar-refractivity contribution in [3.63, 3.8) is 0 Å². The van der Waals surface area contributed by atoms with Gasteiger partial charge in [0.05, 0.1) is 0 Å². The summed E-state index contributed by atoms with van der Waals surface area (Å²) in [5, 5.41) is 2.71. The summed E-state index contributed by atoms with van der Waals surface area (Å²) in [6.07, 6.45) is 6.45. The van der Waals surface area contributed by atoms with Gasteiger partial charge in [0, 0.05) is 31.3 Å². The van der Waals surface area contributed by atoms with Gasteiger partial charge >= 0.3 is 0 Å². The van der Waals surface area contributed by atoms with Gasteiger partial charge in [0.2, 0.25) is 5.82 Å². The Morgan fingerprint density at radius 1 is 1.19 bits per heavy atom. The molecule has 0 aliphatic carbocycles. The van der Waals surface area contributed by atoms with E-state index < -0.39 is 0 Å². The van der Waals surface area contributed by atoms with E-state index in [2.05, 4.69) is 20.3 Å². The quantitative estimate of drug-likeness (QED) is 0.820. The van der Waals surface area contributed by atoms with Crippen LogP contribution in [-0.2, 0) is 6.54 Å². The van der Waals surface area contributed by atoms with Crippen molar-refractivity contribution in [3.05, 3.63) is 54.4 Å². The van der Waals surface area contributed by atoms with Crippen molar-refractivity contribution in [1.29, 1.82) is 0 Å². The predicted octanol–water partition coefficient (Wildman–Crippen LogP) is 0.802. The van der Waals surface area contributed by atoms with Gasteiger partial charge in [-0.15, -0.1) is 0 Å². The first-order valence-corrected chi connectivity index (χ1v) is 4.80. The Hall–Kier alpha value is -2.30. The van der Waals surface area contributed by atoms with Crippen LogP contribution >= 0.6 is 0 Å². The third-order valence-corrected chi connectivity index (χ3v) is 1.94. The molecule has 0 atom stereocenters. The van der Waals surface area contributed by atoms with E-state index in [0.717, 1.165) is 5.56 Å². The lowest BCUT2D eigenvalue weighted by molar-refractivity contribution is 0.0940. The Bertz CT molecular complexity index is 458. The summed E-state index contributed by atoms with van der Waals surface area (Å²) in [6.45, 7) is 0.422. The van der Waals surface area contributed by atoms with Gasteiger partial charge in [-0.1, -0.05) is 6.07 Å². The van der Waals surface area contributed by atoms with Crippen molar-refractivity contribution in [2.24, 2.45) is 0 Å². The topological polar surface area (TPSA) is 67.8 Å². The van der Waals surface area contributed by atoms with Crippen LogP contribution in [0.15, 0.2) is 43.0 Å². The second kappa shape index (κ2) is 4.97. The molecule has 0 aliphatic heterocycles. The molecule has 1 N–H and O–H groups in total. The highest BCUT2D eigenvalue weighted by Gasteiger charge is 2.06. The summed E-state index contributed by atoms with van der Waals surface area (Å²) in [7, 11) is 0. The Kier molecular flexibility index (Phi) is 3.18. The van der Waals surface area contributed by atoms with Crippen LogP contribution in [0.1, 0.15) is 16.2 Å². The fourth-order valence-corrected chi connectivity index (χ4v) is 1.18. The lowest BCUT2D eigenvalue weighted by Gasteiger charge is -2.02. The number of nitrogens with one attached hydrogen (secondary N) is 1. The molecule has 2 heterocycles. The summed E-state index contributed by atoms with van der Waals surface area (Å²) < 4.78 is 0. The molecule has 0 saturated heterocycles. The summed E-state index contributed by atoms with van der Waals surface area (Å²) in [5.41, 5.74) is 0.937. The zero-order valence-electron chi connectivity index (χ0n) is 8.50. The molecule has 0 radical (unpaired) electrons. The Morgan fingerprint density at radius 2 is 2.00 bits per heavy atom. The van der Waals surface area contributed by atoms with Crippen LogP contribution in [0.5, 0.6) is 0 Å². The number of carbonyl (C=O) groups excluding carboxylic acids is 1. The van der Waals surface area contributed by atoms with E-state index in [1.165, 1.54) is 12.4 Å². The smallest absolute Gasteiger partial charge is 0.289 e. The fraction of sp³-hybridized carbons (Fsp3) is 0.0909.